The van der Waals surface area contributed by atoms with Crippen molar-refractivity contribution in [3.8, 4) is 0 Å². The van der Waals surface area contributed by atoms with Gasteiger partial charge < -0.3 is 25.8 Å². The molecule has 0 radical (unpaired) electrons. The minimum absolute atomic E-state index is 0.141. The molecule has 1 aromatic rings. The van der Waals surface area contributed by atoms with Gasteiger partial charge in [0.05, 0.1) is 0 Å². The molecule has 1 atom stereocenters. The van der Waals surface area contributed by atoms with E-state index in [0.29, 0.717) is 44.9 Å². The molecule has 4 N–H and O–H groups in total. The monoisotopic (exact) mass is 556 g/mol. The van der Waals surface area contributed by atoms with Crippen LogP contribution in [0.4, 0.5) is 10.6 Å². The number of pyridine rings is 1. The molecule has 1 aliphatic heterocycles. The largest absolute Gasteiger partial charge is 0.480 e. The van der Waals surface area contributed by atoms with Gasteiger partial charge in [0.25, 0.3) is 0 Å². The highest BCUT2D eigenvalue weighted by molar-refractivity contribution is 5.88. The Hall–Kier alpha value is -2.84. The molecule has 0 saturated heterocycles. The van der Waals surface area contributed by atoms with E-state index in [-0.39, 0.29) is 11.4 Å². The highest BCUT2D eigenvalue weighted by atomic mass is 16.6. The number of carboxylic acids is 1. The number of hydrogen-bond acceptors (Lipinski definition) is 6. The number of aromatic nitrogens is 1. The van der Waals surface area contributed by atoms with Crippen molar-refractivity contribution in [2.75, 3.05) is 11.9 Å². The van der Waals surface area contributed by atoms with Gasteiger partial charge in [0.15, 0.2) is 0 Å². The van der Waals surface area contributed by atoms with Gasteiger partial charge >= 0.3 is 12.1 Å². The summed E-state index contributed by atoms with van der Waals surface area (Å²) in [5, 5.41) is 19.1. The highest BCUT2D eigenvalue weighted by Gasteiger charge is 2.53. The van der Waals surface area contributed by atoms with Gasteiger partial charge in [0.2, 0.25) is 5.91 Å². The first-order chi connectivity index (χ1) is 19.0. The Bertz CT molecular complexity index is 1040. The van der Waals surface area contributed by atoms with E-state index in [2.05, 4.69) is 28.1 Å². The first-order valence-corrected chi connectivity index (χ1v) is 15.3. The zero-order valence-corrected chi connectivity index (χ0v) is 24.6. The van der Waals surface area contributed by atoms with E-state index in [4.69, 9.17) is 9.72 Å². The summed E-state index contributed by atoms with van der Waals surface area (Å²) in [5.74, 6) is -0.0646. The van der Waals surface area contributed by atoms with Crippen LogP contribution >= 0.6 is 0 Å². The molecule has 3 aliphatic carbocycles. The van der Waals surface area contributed by atoms with Crippen LogP contribution in [-0.4, -0.2) is 51.8 Å². The minimum Gasteiger partial charge on any atom is -0.480 e. The second-order valence-electron chi connectivity index (χ2n) is 13.2. The molecule has 2 amide bonds. The molecular weight excluding hydrogens is 508 g/mol. The molecule has 9 nitrogen and oxygen atoms in total. The number of carboxylic acid groups (broad SMARTS) is 1. The summed E-state index contributed by atoms with van der Waals surface area (Å²) in [5.41, 5.74) is 1.01. The van der Waals surface area contributed by atoms with Crippen LogP contribution in [-0.2, 0) is 27.2 Å². The number of carbonyl (C=O) groups is 3. The number of ether oxygens (including phenoxy) is 1. The molecule has 40 heavy (non-hydrogen) atoms. The Morgan fingerprint density at radius 1 is 1.02 bits per heavy atom. The number of aliphatic carboxylic acids is 1. The molecule has 222 valence electrons. The summed E-state index contributed by atoms with van der Waals surface area (Å²) in [6, 6.07) is 3.48. The van der Waals surface area contributed by atoms with Gasteiger partial charge in [-0.25, -0.2) is 14.6 Å². The van der Waals surface area contributed by atoms with Crippen LogP contribution in [0.25, 0.3) is 0 Å². The lowest BCUT2D eigenvalue weighted by Crippen LogP contribution is -2.61. The van der Waals surface area contributed by atoms with E-state index in [1.54, 1.807) is 0 Å². The third-order valence-electron chi connectivity index (χ3n) is 8.98. The van der Waals surface area contributed by atoms with Gasteiger partial charge in [-0.2, -0.15) is 0 Å². The molecule has 3 fully saturated rings. The lowest BCUT2D eigenvalue weighted by molar-refractivity contribution is -0.147. The van der Waals surface area contributed by atoms with Crippen molar-refractivity contribution in [3.63, 3.8) is 0 Å². The first-order valence-electron chi connectivity index (χ1n) is 15.3. The third kappa shape index (κ3) is 7.88. The molecule has 4 aliphatic rings. The van der Waals surface area contributed by atoms with Crippen molar-refractivity contribution in [2.45, 2.75) is 134 Å². The maximum atomic E-state index is 13.3. The van der Waals surface area contributed by atoms with Crippen molar-refractivity contribution in [3.05, 3.63) is 23.4 Å². The fourth-order valence-electron chi connectivity index (χ4n) is 6.50. The molecule has 9 heteroatoms. The molecule has 0 aromatic carbocycles. The van der Waals surface area contributed by atoms with Crippen LogP contribution < -0.4 is 16.0 Å². The van der Waals surface area contributed by atoms with Crippen molar-refractivity contribution in [2.24, 2.45) is 5.41 Å². The highest BCUT2D eigenvalue weighted by Crippen LogP contribution is 2.52. The maximum Gasteiger partial charge on any atom is 0.408 e. The summed E-state index contributed by atoms with van der Waals surface area (Å²) in [7, 11) is 0. The standard InChI is InChI=1S/C31H48N4O5/c1-29(2,3)40-28(39)35-31-18-15-30(16-19-31,17-20-31)27(38)34-24(26(36)37)12-8-6-4-5-7-11-23-14-13-22-10-9-21-32-25(22)33-23/h13-14,24H,4-12,15-21H2,1-3H3,(H,32,33)(H,34,38)(H,35,39)(H,36,37)/t24-,30?,31?/m0/s1. The number of fused-ring (bicyclic) bond motifs is 4. The van der Waals surface area contributed by atoms with E-state index in [0.717, 1.165) is 69.4 Å². The normalized spacial score (nSPS) is 24.4. The van der Waals surface area contributed by atoms with Crippen molar-refractivity contribution >= 4 is 23.8 Å². The van der Waals surface area contributed by atoms with Gasteiger partial charge in [-0.05, 0) is 103 Å². The summed E-state index contributed by atoms with van der Waals surface area (Å²) in [6.07, 6.45) is 12.2. The molecule has 2 heterocycles. The predicted molar refractivity (Wildman–Crippen MR) is 154 cm³/mol. The number of rotatable bonds is 12. The molecule has 0 spiro atoms. The molecule has 1 aromatic heterocycles. The number of alkyl carbamates (subject to hydrolysis) is 1. The van der Waals surface area contributed by atoms with E-state index in [1.807, 2.05) is 20.8 Å². The third-order valence-corrected chi connectivity index (χ3v) is 8.98. The summed E-state index contributed by atoms with van der Waals surface area (Å²) in [6.45, 7) is 6.52. The Kier molecular flexibility index (Phi) is 9.62. The van der Waals surface area contributed by atoms with Crippen molar-refractivity contribution in [1.29, 1.82) is 0 Å². The van der Waals surface area contributed by atoms with Crippen LogP contribution in [0.1, 0.15) is 115 Å². The van der Waals surface area contributed by atoms with Crippen LogP contribution in [0.5, 0.6) is 0 Å². The lowest BCUT2D eigenvalue weighted by atomic mass is 9.57. The van der Waals surface area contributed by atoms with Crippen molar-refractivity contribution in [1.82, 2.24) is 15.6 Å². The maximum absolute atomic E-state index is 13.3. The number of anilines is 1. The van der Waals surface area contributed by atoms with E-state index < -0.39 is 29.1 Å². The molecule has 5 rings (SSSR count). The number of hydrogen-bond donors (Lipinski definition) is 4. The second kappa shape index (κ2) is 12.8. The summed E-state index contributed by atoms with van der Waals surface area (Å²) < 4.78 is 5.44. The quantitative estimate of drug-likeness (QED) is 0.250. The number of carbonyl (C=O) groups excluding carboxylic acids is 2. The van der Waals surface area contributed by atoms with Gasteiger partial charge in [-0.1, -0.05) is 31.7 Å². The van der Waals surface area contributed by atoms with Crippen LogP contribution in [0.15, 0.2) is 12.1 Å². The zero-order valence-electron chi connectivity index (χ0n) is 24.6. The number of nitrogens with one attached hydrogen (secondary N) is 3. The fourth-order valence-corrected chi connectivity index (χ4v) is 6.50. The average molecular weight is 557 g/mol. The zero-order chi connectivity index (χ0) is 28.8. The molecule has 0 unspecified atom stereocenters. The Balaban J connectivity index is 1.15. The molecular formula is C31H48N4O5. The van der Waals surface area contributed by atoms with Crippen LogP contribution in [0, 0.1) is 5.41 Å². The SMILES string of the molecule is CC(C)(C)OC(=O)NC12CCC(C(=O)N[C@@H](CCCCCCCc3ccc4c(n3)NCCC4)C(=O)O)(CC1)CC2. The van der Waals surface area contributed by atoms with E-state index >= 15 is 0 Å². The molecule has 3 saturated carbocycles. The summed E-state index contributed by atoms with van der Waals surface area (Å²) in [4.78, 5) is 42.4. The Morgan fingerprint density at radius 2 is 1.70 bits per heavy atom. The fraction of sp³-hybridized carbons (Fsp3) is 0.742. The number of unbranched alkanes of at least 4 members (excludes halogenated alkanes) is 4. The number of amides is 2. The predicted octanol–water partition coefficient (Wildman–Crippen LogP) is 5.51. The van der Waals surface area contributed by atoms with Gasteiger partial charge in [0, 0.05) is 23.2 Å². The van der Waals surface area contributed by atoms with Gasteiger partial charge in [0.1, 0.15) is 17.5 Å². The average Bonchev–Trinajstić information content (AvgIpc) is 2.91. The lowest BCUT2D eigenvalue weighted by Gasteiger charge is -2.52. The summed E-state index contributed by atoms with van der Waals surface area (Å²) >= 11 is 0. The van der Waals surface area contributed by atoms with E-state index in [1.165, 1.54) is 5.56 Å². The Morgan fingerprint density at radius 3 is 2.38 bits per heavy atom. The van der Waals surface area contributed by atoms with Crippen molar-refractivity contribution < 1.29 is 24.2 Å². The molecule has 2 bridgehead atoms. The van der Waals surface area contributed by atoms with Crippen LogP contribution in [0.3, 0.4) is 0 Å². The number of nitrogens with zero attached hydrogens (tertiary/aromatic N) is 1. The topological polar surface area (TPSA) is 130 Å². The van der Waals surface area contributed by atoms with Gasteiger partial charge in [-0.15, -0.1) is 0 Å². The second-order valence-corrected chi connectivity index (χ2v) is 13.2. The Labute approximate surface area is 238 Å². The first kappa shape index (κ1) is 30.1. The number of aryl methyl sites for hydroxylation is 2. The minimum atomic E-state index is -0.968. The van der Waals surface area contributed by atoms with Gasteiger partial charge in [-0.3, -0.25) is 4.79 Å². The van der Waals surface area contributed by atoms with E-state index in [9.17, 15) is 19.5 Å². The smallest absolute Gasteiger partial charge is 0.408 e. The van der Waals surface area contributed by atoms with Crippen LogP contribution in [0.2, 0.25) is 0 Å².